The first kappa shape index (κ1) is 21.7. The van der Waals surface area contributed by atoms with E-state index in [-0.39, 0.29) is 6.10 Å². The van der Waals surface area contributed by atoms with Gasteiger partial charge in [0, 0.05) is 44.1 Å². The number of anilines is 3. The predicted molar refractivity (Wildman–Crippen MR) is 131 cm³/mol. The monoisotopic (exact) mass is 460 g/mol. The molecule has 0 spiro atoms. The molecule has 2 N–H and O–H groups in total. The average molecular weight is 461 g/mol. The third kappa shape index (κ3) is 3.88. The lowest BCUT2D eigenvalue weighted by atomic mass is 9.87. The van der Waals surface area contributed by atoms with Crippen LogP contribution in [0.4, 0.5) is 17.2 Å². The Morgan fingerprint density at radius 3 is 2.62 bits per heavy atom. The molecule has 4 aliphatic rings. The van der Waals surface area contributed by atoms with Crippen molar-refractivity contribution in [1.82, 2.24) is 15.2 Å². The first-order valence-corrected chi connectivity index (χ1v) is 12.5. The number of nitrogens with zero attached hydrogens (tertiary/aromatic N) is 4. The molecule has 6 rings (SSSR count). The van der Waals surface area contributed by atoms with E-state index < -0.39 is 0 Å². The number of morpholine rings is 1. The summed E-state index contributed by atoms with van der Waals surface area (Å²) in [6.07, 6.45) is 3.86. The van der Waals surface area contributed by atoms with Crippen LogP contribution in [0.25, 0.3) is 0 Å². The molecule has 1 aromatic carbocycles. The molecule has 1 aromatic heterocycles. The third-order valence-electron chi connectivity index (χ3n) is 7.78. The Morgan fingerprint density at radius 1 is 1.12 bits per heavy atom. The van der Waals surface area contributed by atoms with Gasteiger partial charge in [-0.3, -0.25) is 4.90 Å². The maximum atomic E-state index is 10.0. The molecule has 0 amide bonds. The zero-order chi connectivity index (χ0) is 23.1. The van der Waals surface area contributed by atoms with Crippen molar-refractivity contribution < 1.29 is 9.47 Å². The Morgan fingerprint density at radius 2 is 1.91 bits per heavy atom. The Hall–Kier alpha value is -2.86. The van der Waals surface area contributed by atoms with Gasteiger partial charge in [-0.05, 0) is 62.5 Å². The number of nitrogens with one attached hydrogen (secondary N) is 2. The first-order chi connectivity index (χ1) is 16.7. The summed E-state index contributed by atoms with van der Waals surface area (Å²) < 4.78 is 12.0. The summed E-state index contributed by atoms with van der Waals surface area (Å²) in [5, 5.41) is 16.9. The van der Waals surface area contributed by atoms with Crippen molar-refractivity contribution >= 4 is 17.2 Å². The van der Waals surface area contributed by atoms with Gasteiger partial charge in [-0.15, -0.1) is 0 Å². The molecule has 0 aliphatic carbocycles. The molecule has 0 saturated carbocycles. The van der Waals surface area contributed by atoms with Crippen LogP contribution in [0.2, 0.25) is 0 Å². The van der Waals surface area contributed by atoms with Crippen LogP contribution < -0.4 is 20.3 Å². The summed E-state index contributed by atoms with van der Waals surface area (Å²) in [6.45, 7) is 9.63. The standard InChI is InChI=1S/C26H32N6O2/c1-17-24-23(32-8-10-33-11-9-32)2-5-29-26(24)30-22-13-19(12-20(14-27)25(22)34-17)18-3-6-31(7-4-18)21-15-28-16-21/h2,5,12-13,17-18,21,28H,3-4,6-11,15-16H2,1H3,(H,29,30). The highest BCUT2D eigenvalue weighted by Gasteiger charge is 2.32. The zero-order valence-electron chi connectivity index (χ0n) is 19.7. The highest BCUT2D eigenvalue weighted by atomic mass is 16.5. The highest BCUT2D eigenvalue weighted by Crippen LogP contribution is 2.45. The molecule has 8 heteroatoms. The van der Waals surface area contributed by atoms with Crippen LogP contribution in [-0.4, -0.2) is 68.4 Å². The highest BCUT2D eigenvalue weighted by molar-refractivity contribution is 5.76. The van der Waals surface area contributed by atoms with Crippen LogP contribution in [0.3, 0.4) is 0 Å². The Balaban J connectivity index is 1.31. The molecule has 34 heavy (non-hydrogen) atoms. The van der Waals surface area contributed by atoms with Gasteiger partial charge in [0.2, 0.25) is 0 Å². The number of likely N-dealkylation sites (tertiary alicyclic amines) is 1. The van der Waals surface area contributed by atoms with Crippen molar-refractivity contribution in [3.05, 3.63) is 41.1 Å². The van der Waals surface area contributed by atoms with Crippen LogP contribution in [0, 0.1) is 11.3 Å². The number of fused-ring (bicyclic) bond motifs is 2. The van der Waals surface area contributed by atoms with Crippen molar-refractivity contribution in [1.29, 1.82) is 5.26 Å². The van der Waals surface area contributed by atoms with E-state index >= 15 is 0 Å². The van der Waals surface area contributed by atoms with Crippen molar-refractivity contribution in [2.75, 3.05) is 62.7 Å². The number of aromatic nitrogens is 1. The van der Waals surface area contributed by atoms with Gasteiger partial charge in [0.1, 0.15) is 18.0 Å². The van der Waals surface area contributed by atoms with Gasteiger partial charge in [-0.25, -0.2) is 4.98 Å². The summed E-state index contributed by atoms with van der Waals surface area (Å²) in [5.41, 5.74) is 4.82. The number of hydrogen-bond donors (Lipinski definition) is 2. The molecule has 8 nitrogen and oxygen atoms in total. The molecule has 0 radical (unpaired) electrons. The molecule has 0 bridgehead atoms. The fourth-order valence-electron chi connectivity index (χ4n) is 5.73. The first-order valence-electron chi connectivity index (χ1n) is 12.5. The van der Waals surface area contributed by atoms with Gasteiger partial charge >= 0.3 is 0 Å². The number of hydrogen-bond acceptors (Lipinski definition) is 8. The number of nitriles is 1. The fourth-order valence-corrected chi connectivity index (χ4v) is 5.73. The maximum absolute atomic E-state index is 10.0. The smallest absolute Gasteiger partial charge is 0.161 e. The molecular weight excluding hydrogens is 428 g/mol. The van der Waals surface area contributed by atoms with E-state index in [1.54, 1.807) is 0 Å². The summed E-state index contributed by atoms with van der Waals surface area (Å²) in [7, 11) is 0. The fraction of sp³-hybridized carbons (Fsp3) is 0.538. The van der Waals surface area contributed by atoms with Crippen LogP contribution >= 0.6 is 0 Å². The number of piperidine rings is 1. The molecule has 2 aromatic rings. The van der Waals surface area contributed by atoms with Crippen LogP contribution in [-0.2, 0) is 4.74 Å². The second kappa shape index (κ2) is 9.06. The minimum Gasteiger partial charge on any atom is -0.482 e. The molecular formula is C26H32N6O2. The van der Waals surface area contributed by atoms with E-state index in [2.05, 4.69) is 43.6 Å². The van der Waals surface area contributed by atoms with E-state index in [4.69, 9.17) is 9.47 Å². The largest absolute Gasteiger partial charge is 0.482 e. The number of pyridine rings is 1. The Kier molecular flexibility index (Phi) is 5.77. The van der Waals surface area contributed by atoms with Crippen LogP contribution in [0.1, 0.15) is 48.5 Å². The van der Waals surface area contributed by atoms with Gasteiger partial charge in [0.05, 0.1) is 30.0 Å². The van der Waals surface area contributed by atoms with E-state index in [1.807, 2.05) is 19.2 Å². The van der Waals surface area contributed by atoms with Crippen molar-refractivity contribution in [3.8, 4) is 11.8 Å². The zero-order valence-corrected chi connectivity index (χ0v) is 19.7. The van der Waals surface area contributed by atoms with Crippen LogP contribution in [0.15, 0.2) is 24.4 Å². The molecule has 3 saturated heterocycles. The topological polar surface area (TPSA) is 85.7 Å². The lowest BCUT2D eigenvalue weighted by molar-refractivity contribution is 0.113. The van der Waals surface area contributed by atoms with E-state index in [9.17, 15) is 5.26 Å². The predicted octanol–water partition coefficient (Wildman–Crippen LogP) is 3.14. The molecule has 5 heterocycles. The molecule has 4 aliphatic heterocycles. The third-order valence-corrected chi connectivity index (χ3v) is 7.78. The minimum atomic E-state index is -0.229. The second-order valence-electron chi connectivity index (χ2n) is 9.76. The minimum absolute atomic E-state index is 0.229. The molecule has 1 atom stereocenters. The summed E-state index contributed by atoms with van der Waals surface area (Å²) >= 11 is 0. The van der Waals surface area contributed by atoms with Crippen molar-refractivity contribution in [3.63, 3.8) is 0 Å². The number of rotatable bonds is 3. The van der Waals surface area contributed by atoms with E-state index in [0.29, 0.717) is 23.3 Å². The summed E-state index contributed by atoms with van der Waals surface area (Å²) in [5.74, 6) is 1.89. The quantitative estimate of drug-likeness (QED) is 0.723. The molecule has 1 unspecified atom stereocenters. The normalized spacial score (nSPS) is 23.5. The van der Waals surface area contributed by atoms with Gasteiger partial charge in [-0.1, -0.05) is 0 Å². The van der Waals surface area contributed by atoms with Crippen molar-refractivity contribution in [2.45, 2.75) is 37.8 Å². The lowest BCUT2D eigenvalue weighted by Gasteiger charge is -2.42. The summed E-state index contributed by atoms with van der Waals surface area (Å²) in [6, 6.07) is 9.39. The Bertz CT molecular complexity index is 1100. The Labute approximate surface area is 200 Å². The molecule has 178 valence electrons. The molecule has 3 fully saturated rings. The van der Waals surface area contributed by atoms with E-state index in [1.165, 1.54) is 5.56 Å². The maximum Gasteiger partial charge on any atom is 0.161 e. The van der Waals surface area contributed by atoms with Gasteiger partial charge < -0.3 is 25.0 Å². The van der Waals surface area contributed by atoms with E-state index in [0.717, 1.165) is 88.1 Å². The number of ether oxygens (including phenoxy) is 2. The van der Waals surface area contributed by atoms with Crippen LogP contribution in [0.5, 0.6) is 5.75 Å². The van der Waals surface area contributed by atoms with Crippen molar-refractivity contribution in [2.24, 2.45) is 0 Å². The second-order valence-corrected chi connectivity index (χ2v) is 9.76. The summed E-state index contributed by atoms with van der Waals surface area (Å²) in [4.78, 5) is 9.63. The van der Waals surface area contributed by atoms with Gasteiger partial charge in [0.25, 0.3) is 0 Å². The lowest BCUT2D eigenvalue weighted by Crippen LogP contribution is -2.58. The van der Waals surface area contributed by atoms with Gasteiger partial charge in [0.15, 0.2) is 5.75 Å². The van der Waals surface area contributed by atoms with Gasteiger partial charge in [-0.2, -0.15) is 5.26 Å². The SMILES string of the molecule is CC1Oc2c(C#N)cc(C3CCN(C4CNC4)CC3)cc2Nc2nccc(N3CCOCC3)c21. The number of benzene rings is 1. The average Bonchev–Trinajstić information content (AvgIpc) is 2.99.